The van der Waals surface area contributed by atoms with Crippen LogP contribution in [-0.2, 0) is 0 Å². The van der Waals surface area contributed by atoms with E-state index < -0.39 is 0 Å². The normalized spacial score (nSPS) is 44.8. The molecule has 0 aromatic heterocycles. The molecule has 2 heteroatoms. The van der Waals surface area contributed by atoms with E-state index in [-0.39, 0.29) is 0 Å². The molecular formula is C15H28N2. The molecule has 0 amide bonds. The summed E-state index contributed by atoms with van der Waals surface area (Å²) in [6.07, 6.45) is 7.12. The molecule has 0 heterocycles. The van der Waals surface area contributed by atoms with Gasteiger partial charge >= 0.3 is 0 Å². The Hall–Kier alpha value is -0.0800. The standard InChI is InChI=1S/C15H28N2/c1-15(2,3)7-6-11(17-16)14-12-9-4-5-10(8-9)13(12)14/h9-14,17H,4-8,16H2,1-3H3. The molecule has 0 spiro atoms. The molecule has 2 bridgehead atoms. The SMILES string of the molecule is CC(C)(C)CCC(NN)C1C2C3CCC(C3)C21. The molecule has 0 aromatic carbocycles. The van der Waals surface area contributed by atoms with Gasteiger partial charge in [0.2, 0.25) is 0 Å². The maximum atomic E-state index is 5.81. The minimum Gasteiger partial charge on any atom is -0.271 e. The number of hydrazine groups is 1. The first-order valence-electron chi connectivity index (χ1n) is 7.47. The molecule has 17 heavy (non-hydrogen) atoms. The highest BCUT2D eigenvalue weighted by Gasteiger charge is 2.66. The lowest BCUT2D eigenvalue weighted by Gasteiger charge is -2.24. The molecule has 0 radical (unpaired) electrons. The van der Waals surface area contributed by atoms with E-state index in [0.29, 0.717) is 11.5 Å². The fourth-order valence-corrected chi connectivity index (χ4v) is 4.91. The van der Waals surface area contributed by atoms with E-state index in [0.717, 1.165) is 29.6 Å². The predicted octanol–water partition coefficient (Wildman–Crippen LogP) is 2.94. The third-order valence-electron chi connectivity index (χ3n) is 5.68. The van der Waals surface area contributed by atoms with E-state index in [9.17, 15) is 0 Å². The van der Waals surface area contributed by atoms with E-state index in [1.165, 1.54) is 25.7 Å². The molecule has 0 saturated heterocycles. The zero-order valence-corrected chi connectivity index (χ0v) is 11.6. The number of rotatable bonds is 4. The van der Waals surface area contributed by atoms with Crippen molar-refractivity contribution in [1.29, 1.82) is 0 Å². The Bertz CT molecular complexity index is 278. The Kier molecular flexibility index (Phi) is 2.79. The highest BCUT2D eigenvalue weighted by Crippen LogP contribution is 2.70. The van der Waals surface area contributed by atoms with Gasteiger partial charge in [0.05, 0.1) is 0 Å². The zero-order valence-electron chi connectivity index (χ0n) is 11.6. The van der Waals surface area contributed by atoms with Crippen LogP contribution in [0.2, 0.25) is 0 Å². The van der Waals surface area contributed by atoms with Crippen molar-refractivity contribution in [1.82, 2.24) is 5.43 Å². The van der Waals surface area contributed by atoms with Crippen LogP contribution >= 0.6 is 0 Å². The van der Waals surface area contributed by atoms with E-state index >= 15 is 0 Å². The maximum Gasteiger partial charge on any atom is 0.0244 e. The molecule has 3 rings (SSSR count). The van der Waals surface area contributed by atoms with E-state index in [1.54, 1.807) is 6.42 Å². The van der Waals surface area contributed by atoms with Gasteiger partial charge < -0.3 is 0 Å². The van der Waals surface area contributed by atoms with Crippen LogP contribution in [0.4, 0.5) is 0 Å². The van der Waals surface area contributed by atoms with Crippen molar-refractivity contribution in [3.05, 3.63) is 0 Å². The third-order valence-corrected chi connectivity index (χ3v) is 5.68. The molecule has 5 unspecified atom stereocenters. The predicted molar refractivity (Wildman–Crippen MR) is 71.1 cm³/mol. The first-order valence-corrected chi connectivity index (χ1v) is 7.47. The van der Waals surface area contributed by atoms with Crippen LogP contribution in [0, 0.1) is 35.0 Å². The Morgan fingerprint density at radius 2 is 1.76 bits per heavy atom. The van der Waals surface area contributed by atoms with Crippen molar-refractivity contribution in [3.63, 3.8) is 0 Å². The summed E-state index contributed by atoms with van der Waals surface area (Å²) in [7, 11) is 0. The molecule has 5 atom stereocenters. The quantitative estimate of drug-likeness (QED) is 0.582. The molecule has 2 nitrogen and oxygen atoms in total. The van der Waals surface area contributed by atoms with Gasteiger partial charge in [-0.2, -0.15) is 0 Å². The van der Waals surface area contributed by atoms with Gasteiger partial charge in [-0.1, -0.05) is 20.8 Å². The molecule has 0 aliphatic heterocycles. The van der Waals surface area contributed by atoms with Crippen molar-refractivity contribution in [3.8, 4) is 0 Å². The number of nitrogens with two attached hydrogens (primary N) is 1. The summed E-state index contributed by atoms with van der Waals surface area (Å²) in [5, 5.41) is 0. The molecule has 3 aliphatic carbocycles. The lowest BCUT2D eigenvalue weighted by atomic mass is 9.86. The van der Waals surface area contributed by atoms with Crippen LogP contribution in [0.3, 0.4) is 0 Å². The summed E-state index contributed by atoms with van der Waals surface area (Å²) < 4.78 is 0. The van der Waals surface area contributed by atoms with Gasteiger partial charge in [-0.05, 0) is 67.1 Å². The minimum atomic E-state index is 0.443. The smallest absolute Gasteiger partial charge is 0.0244 e. The Balaban J connectivity index is 1.57. The Labute approximate surface area is 106 Å². The average molecular weight is 236 g/mol. The van der Waals surface area contributed by atoms with Crippen LogP contribution < -0.4 is 11.3 Å². The summed E-state index contributed by atoms with van der Waals surface area (Å²) in [5.74, 6) is 11.0. The first kappa shape index (κ1) is 12.0. The lowest BCUT2D eigenvalue weighted by molar-refractivity contribution is 0.291. The van der Waals surface area contributed by atoms with Gasteiger partial charge in [-0.15, -0.1) is 0 Å². The Morgan fingerprint density at radius 3 is 2.24 bits per heavy atom. The Morgan fingerprint density at radius 1 is 1.18 bits per heavy atom. The molecule has 0 aromatic rings. The zero-order chi connectivity index (χ0) is 12.2. The summed E-state index contributed by atoms with van der Waals surface area (Å²) in [4.78, 5) is 0. The van der Waals surface area contributed by atoms with Gasteiger partial charge in [0.15, 0.2) is 0 Å². The van der Waals surface area contributed by atoms with E-state index in [1.807, 2.05) is 0 Å². The largest absolute Gasteiger partial charge is 0.271 e. The number of hydrogen-bond acceptors (Lipinski definition) is 2. The third kappa shape index (κ3) is 2.04. The van der Waals surface area contributed by atoms with Crippen molar-refractivity contribution < 1.29 is 0 Å². The second-order valence-electron chi connectivity index (χ2n) is 7.94. The summed E-state index contributed by atoms with van der Waals surface area (Å²) in [6.45, 7) is 6.99. The van der Waals surface area contributed by atoms with Crippen LogP contribution in [-0.4, -0.2) is 6.04 Å². The lowest BCUT2D eigenvalue weighted by Crippen LogP contribution is -2.39. The van der Waals surface area contributed by atoms with Crippen molar-refractivity contribution in [2.45, 2.75) is 58.9 Å². The van der Waals surface area contributed by atoms with Gasteiger partial charge in [-0.3, -0.25) is 11.3 Å². The van der Waals surface area contributed by atoms with Crippen molar-refractivity contribution in [2.24, 2.45) is 40.8 Å². The number of hydrogen-bond donors (Lipinski definition) is 2. The molecule has 3 N–H and O–H groups in total. The second-order valence-corrected chi connectivity index (χ2v) is 7.94. The van der Waals surface area contributed by atoms with Gasteiger partial charge in [0.1, 0.15) is 0 Å². The highest BCUT2D eigenvalue weighted by molar-refractivity contribution is 5.15. The van der Waals surface area contributed by atoms with Gasteiger partial charge in [-0.25, -0.2) is 0 Å². The molecule has 3 aliphatic rings. The van der Waals surface area contributed by atoms with E-state index in [4.69, 9.17) is 5.84 Å². The second kappa shape index (κ2) is 3.96. The summed E-state index contributed by atoms with van der Waals surface area (Å²) in [5.41, 5.74) is 3.58. The van der Waals surface area contributed by atoms with Crippen molar-refractivity contribution >= 4 is 0 Å². The molecular weight excluding hydrogens is 208 g/mol. The van der Waals surface area contributed by atoms with Gasteiger partial charge in [0, 0.05) is 6.04 Å². The average Bonchev–Trinajstić information content (AvgIpc) is 2.68. The summed E-state index contributed by atoms with van der Waals surface area (Å²) >= 11 is 0. The first-order chi connectivity index (χ1) is 8.01. The van der Waals surface area contributed by atoms with Crippen LogP contribution in [0.25, 0.3) is 0 Å². The number of fused-ring (bicyclic) bond motifs is 5. The molecule has 3 fully saturated rings. The van der Waals surface area contributed by atoms with Crippen LogP contribution in [0.1, 0.15) is 52.9 Å². The van der Waals surface area contributed by atoms with Crippen molar-refractivity contribution in [2.75, 3.05) is 0 Å². The highest BCUT2D eigenvalue weighted by atomic mass is 15.2. The summed E-state index contributed by atoms with van der Waals surface area (Å²) in [6, 6.07) is 0.590. The maximum absolute atomic E-state index is 5.81. The molecule has 98 valence electrons. The fraction of sp³-hybridized carbons (Fsp3) is 1.00. The molecule has 3 saturated carbocycles. The fourth-order valence-electron chi connectivity index (χ4n) is 4.91. The van der Waals surface area contributed by atoms with Crippen LogP contribution in [0.5, 0.6) is 0 Å². The number of nitrogens with one attached hydrogen (secondary N) is 1. The monoisotopic (exact) mass is 236 g/mol. The van der Waals surface area contributed by atoms with E-state index in [2.05, 4.69) is 26.2 Å². The topological polar surface area (TPSA) is 38.0 Å². The minimum absolute atomic E-state index is 0.443. The van der Waals surface area contributed by atoms with Crippen LogP contribution in [0.15, 0.2) is 0 Å². The van der Waals surface area contributed by atoms with Gasteiger partial charge in [0.25, 0.3) is 0 Å².